The zero-order valence-corrected chi connectivity index (χ0v) is 11.9. The van der Waals surface area contributed by atoms with Crippen LogP contribution in [0, 0.1) is 23.0 Å². The minimum Gasteiger partial charge on any atom is -0.394 e. The van der Waals surface area contributed by atoms with E-state index in [4.69, 9.17) is 5.26 Å². The Morgan fingerprint density at radius 2 is 2.04 bits per heavy atom. The van der Waals surface area contributed by atoms with E-state index in [2.05, 4.69) is 10.6 Å². The van der Waals surface area contributed by atoms with E-state index in [1.807, 2.05) is 6.07 Å². The van der Waals surface area contributed by atoms with Gasteiger partial charge in [-0.1, -0.05) is 6.07 Å². The predicted octanol–water partition coefficient (Wildman–Crippen LogP) is 2.69. The van der Waals surface area contributed by atoms with E-state index in [9.17, 15) is 18.7 Å². The van der Waals surface area contributed by atoms with Gasteiger partial charge in [0.25, 0.3) is 0 Å². The van der Waals surface area contributed by atoms with Gasteiger partial charge in [-0.2, -0.15) is 5.26 Å². The highest BCUT2D eigenvalue weighted by molar-refractivity contribution is 5.89. The van der Waals surface area contributed by atoms with Gasteiger partial charge in [0.15, 0.2) is 0 Å². The van der Waals surface area contributed by atoms with Crippen LogP contribution in [-0.4, -0.2) is 17.7 Å². The standard InChI is InChI=1S/C16H13F2N3O2/c17-11-4-5-14(18)13(7-11)15(9-22)21-16(23)20-12-3-1-2-10(6-12)8-19/h1-7,15,22H,9H2,(H2,20,21,23)/t15-/m1/s1. The van der Waals surface area contributed by atoms with Gasteiger partial charge < -0.3 is 15.7 Å². The summed E-state index contributed by atoms with van der Waals surface area (Å²) in [7, 11) is 0. The second-order valence-electron chi connectivity index (χ2n) is 4.69. The summed E-state index contributed by atoms with van der Waals surface area (Å²) >= 11 is 0. The molecular weight excluding hydrogens is 304 g/mol. The average Bonchev–Trinajstić information content (AvgIpc) is 2.55. The minimum absolute atomic E-state index is 0.159. The maximum atomic E-state index is 13.7. The molecule has 0 saturated carbocycles. The number of aliphatic hydroxyl groups is 1. The highest BCUT2D eigenvalue weighted by Gasteiger charge is 2.18. The first kappa shape index (κ1) is 16.4. The molecule has 7 heteroatoms. The summed E-state index contributed by atoms with van der Waals surface area (Å²) in [5.74, 6) is -1.42. The average molecular weight is 317 g/mol. The van der Waals surface area contributed by atoms with Crippen LogP contribution in [0.2, 0.25) is 0 Å². The Balaban J connectivity index is 2.11. The van der Waals surface area contributed by atoms with Gasteiger partial charge >= 0.3 is 6.03 Å². The SMILES string of the molecule is N#Cc1cccc(NC(=O)N[C@H](CO)c2cc(F)ccc2F)c1. The maximum Gasteiger partial charge on any atom is 0.319 e. The molecule has 0 aliphatic carbocycles. The third-order valence-electron chi connectivity index (χ3n) is 3.07. The fourth-order valence-electron chi connectivity index (χ4n) is 2.00. The van der Waals surface area contributed by atoms with Crippen molar-refractivity contribution in [3.8, 4) is 6.07 Å². The van der Waals surface area contributed by atoms with Crippen LogP contribution in [0.25, 0.3) is 0 Å². The first-order valence-corrected chi connectivity index (χ1v) is 6.67. The molecular formula is C16H13F2N3O2. The fraction of sp³-hybridized carbons (Fsp3) is 0.125. The molecule has 0 bridgehead atoms. The molecule has 2 amide bonds. The van der Waals surface area contributed by atoms with E-state index in [0.29, 0.717) is 11.3 Å². The van der Waals surface area contributed by atoms with Crippen LogP contribution in [-0.2, 0) is 0 Å². The topological polar surface area (TPSA) is 85.2 Å². The number of benzene rings is 2. The van der Waals surface area contributed by atoms with Crippen molar-refractivity contribution in [1.29, 1.82) is 5.26 Å². The van der Waals surface area contributed by atoms with Gasteiger partial charge in [0, 0.05) is 11.3 Å². The van der Waals surface area contributed by atoms with Crippen molar-refractivity contribution in [2.24, 2.45) is 0 Å². The lowest BCUT2D eigenvalue weighted by Crippen LogP contribution is -2.34. The smallest absolute Gasteiger partial charge is 0.319 e. The van der Waals surface area contributed by atoms with Gasteiger partial charge in [-0.25, -0.2) is 13.6 Å². The number of carbonyl (C=O) groups is 1. The fourth-order valence-corrected chi connectivity index (χ4v) is 2.00. The molecule has 0 spiro atoms. The largest absolute Gasteiger partial charge is 0.394 e. The van der Waals surface area contributed by atoms with Crippen molar-refractivity contribution < 1.29 is 18.7 Å². The minimum atomic E-state index is -1.11. The van der Waals surface area contributed by atoms with Crippen LogP contribution in [0.15, 0.2) is 42.5 Å². The van der Waals surface area contributed by atoms with Gasteiger partial charge in [-0.3, -0.25) is 0 Å². The summed E-state index contributed by atoms with van der Waals surface area (Å²) in [6, 6.07) is 9.06. The second-order valence-corrected chi connectivity index (χ2v) is 4.69. The van der Waals surface area contributed by atoms with Gasteiger partial charge in [-0.15, -0.1) is 0 Å². The number of aliphatic hydroxyl groups excluding tert-OH is 1. The number of carbonyl (C=O) groups excluding carboxylic acids is 1. The number of nitriles is 1. The van der Waals surface area contributed by atoms with E-state index in [1.165, 1.54) is 6.07 Å². The highest BCUT2D eigenvalue weighted by atomic mass is 19.1. The van der Waals surface area contributed by atoms with Gasteiger partial charge in [0.1, 0.15) is 11.6 Å². The Bertz CT molecular complexity index is 759. The monoisotopic (exact) mass is 317 g/mol. The molecule has 0 aromatic heterocycles. The van der Waals surface area contributed by atoms with Crippen molar-refractivity contribution in [3.63, 3.8) is 0 Å². The summed E-state index contributed by atoms with van der Waals surface area (Å²) in [6.45, 7) is -0.605. The summed E-state index contributed by atoms with van der Waals surface area (Å²) in [4.78, 5) is 11.9. The first-order chi connectivity index (χ1) is 11.0. The van der Waals surface area contributed by atoms with Crippen LogP contribution in [0.1, 0.15) is 17.2 Å². The molecule has 2 aromatic rings. The van der Waals surface area contributed by atoms with Gasteiger partial charge in [0.05, 0.1) is 24.3 Å². The van der Waals surface area contributed by atoms with Gasteiger partial charge in [-0.05, 0) is 36.4 Å². The summed E-state index contributed by atoms with van der Waals surface area (Å²) in [5.41, 5.74) is 0.559. The van der Waals surface area contributed by atoms with Crippen molar-refractivity contribution in [1.82, 2.24) is 5.32 Å². The molecule has 23 heavy (non-hydrogen) atoms. The molecule has 0 aliphatic rings. The second kappa shape index (κ2) is 7.33. The normalized spacial score (nSPS) is 11.4. The Morgan fingerprint density at radius 3 is 2.74 bits per heavy atom. The zero-order chi connectivity index (χ0) is 16.8. The molecule has 118 valence electrons. The molecule has 3 N–H and O–H groups in total. The van der Waals surface area contributed by atoms with Crippen LogP contribution < -0.4 is 10.6 Å². The van der Waals surface area contributed by atoms with E-state index in [0.717, 1.165) is 18.2 Å². The van der Waals surface area contributed by atoms with Crippen LogP contribution in [0.3, 0.4) is 0 Å². The molecule has 5 nitrogen and oxygen atoms in total. The Labute approximate surface area is 131 Å². The van der Waals surface area contributed by atoms with Crippen molar-refractivity contribution in [2.45, 2.75) is 6.04 Å². The lowest BCUT2D eigenvalue weighted by atomic mass is 10.1. The van der Waals surface area contributed by atoms with Crippen LogP contribution in [0.5, 0.6) is 0 Å². The quantitative estimate of drug-likeness (QED) is 0.810. The molecule has 0 radical (unpaired) electrons. The van der Waals surface area contributed by atoms with Crippen molar-refractivity contribution >= 4 is 11.7 Å². The molecule has 0 aliphatic heterocycles. The number of nitrogens with one attached hydrogen (secondary N) is 2. The van der Waals surface area contributed by atoms with Crippen molar-refractivity contribution in [3.05, 3.63) is 65.2 Å². The number of hydrogen-bond donors (Lipinski definition) is 3. The lowest BCUT2D eigenvalue weighted by molar-refractivity contribution is 0.223. The van der Waals surface area contributed by atoms with Crippen LogP contribution >= 0.6 is 0 Å². The number of hydrogen-bond acceptors (Lipinski definition) is 3. The van der Waals surface area contributed by atoms with Crippen LogP contribution in [0.4, 0.5) is 19.3 Å². The first-order valence-electron chi connectivity index (χ1n) is 6.67. The predicted molar refractivity (Wildman–Crippen MR) is 79.5 cm³/mol. The summed E-state index contributed by atoms with van der Waals surface area (Å²) < 4.78 is 26.9. The number of anilines is 1. The maximum absolute atomic E-state index is 13.7. The lowest BCUT2D eigenvalue weighted by Gasteiger charge is -2.18. The molecule has 0 heterocycles. The Hall–Kier alpha value is -2.98. The van der Waals surface area contributed by atoms with E-state index < -0.39 is 30.3 Å². The number of rotatable bonds is 4. The zero-order valence-electron chi connectivity index (χ0n) is 11.9. The van der Waals surface area contributed by atoms with Gasteiger partial charge in [0.2, 0.25) is 0 Å². The number of urea groups is 1. The van der Waals surface area contributed by atoms with E-state index in [1.54, 1.807) is 18.2 Å². The molecule has 0 unspecified atom stereocenters. The van der Waals surface area contributed by atoms with Crippen molar-refractivity contribution in [2.75, 3.05) is 11.9 Å². The highest BCUT2D eigenvalue weighted by Crippen LogP contribution is 2.18. The van der Waals surface area contributed by atoms with E-state index in [-0.39, 0.29) is 5.56 Å². The van der Waals surface area contributed by atoms with E-state index >= 15 is 0 Å². The third-order valence-corrected chi connectivity index (χ3v) is 3.07. The summed E-state index contributed by atoms with van der Waals surface area (Å²) in [5, 5.41) is 22.9. The molecule has 1 atom stereocenters. The number of nitrogens with zero attached hydrogens (tertiary/aromatic N) is 1. The molecule has 2 rings (SSSR count). The Kier molecular flexibility index (Phi) is 5.23. The molecule has 2 aromatic carbocycles. The Morgan fingerprint density at radius 1 is 1.26 bits per heavy atom. The number of halogens is 2. The number of amides is 2. The summed E-state index contributed by atoms with van der Waals surface area (Å²) in [6.07, 6.45) is 0. The molecule has 0 fully saturated rings. The third kappa shape index (κ3) is 4.25. The molecule has 0 saturated heterocycles.